The molecule has 1 aromatic carbocycles. The molecule has 0 spiro atoms. The summed E-state index contributed by atoms with van der Waals surface area (Å²) in [5, 5.41) is 6.44. The lowest BCUT2D eigenvalue weighted by atomic mass is 9.84. The summed E-state index contributed by atoms with van der Waals surface area (Å²) in [6.07, 6.45) is 4.13. The van der Waals surface area contributed by atoms with Crippen molar-refractivity contribution in [3.63, 3.8) is 0 Å². The minimum absolute atomic E-state index is 0.0122. The Morgan fingerprint density at radius 1 is 1.28 bits per heavy atom. The third-order valence-corrected chi connectivity index (χ3v) is 6.01. The third kappa shape index (κ3) is 5.10. The number of nitrogens with one attached hydrogen (secondary N) is 2. The van der Waals surface area contributed by atoms with Crippen molar-refractivity contribution in [3.8, 4) is 0 Å². The smallest absolute Gasteiger partial charge is 0.243 e. The van der Waals surface area contributed by atoms with Gasteiger partial charge in [-0.15, -0.1) is 0 Å². The second kappa shape index (κ2) is 9.16. The fraction of sp³-hybridized carbons (Fsp3) is 0.591. The molecule has 3 atom stereocenters. The fourth-order valence-corrected chi connectivity index (χ4v) is 4.53. The van der Waals surface area contributed by atoms with Gasteiger partial charge in [0.2, 0.25) is 17.7 Å². The van der Waals surface area contributed by atoms with Crippen molar-refractivity contribution >= 4 is 35.0 Å². The maximum absolute atomic E-state index is 13.1. The van der Waals surface area contributed by atoms with E-state index in [0.717, 1.165) is 31.2 Å². The molecule has 0 unspecified atom stereocenters. The van der Waals surface area contributed by atoms with E-state index in [2.05, 4.69) is 10.6 Å². The van der Waals surface area contributed by atoms with E-state index in [1.807, 2.05) is 26.8 Å². The number of hydrogen-bond acceptors (Lipinski definition) is 3. The molecule has 158 valence electrons. The van der Waals surface area contributed by atoms with Crippen LogP contribution in [0.1, 0.15) is 57.9 Å². The quantitative estimate of drug-likeness (QED) is 0.764. The van der Waals surface area contributed by atoms with E-state index < -0.39 is 6.04 Å². The van der Waals surface area contributed by atoms with Crippen LogP contribution in [-0.2, 0) is 14.4 Å². The van der Waals surface area contributed by atoms with E-state index >= 15 is 0 Å². The Morgan fingerprint density at radius 3 is 2.72 bits per heavy atom. The maximum atomic E-state index is 13.1. The van der Waals surface area contributed by atoms with Crippen molar-refractivity contribution in [1.82, 2.24) is 10.2 Å². The number of aryl methyl sites for hydroxylation is 1. The minimum atomic E-state index is -0.778. The molecule has 6 nitrogen and oxygen atoms in total. The number of hydrogen-bond donors (Lipinski definition) is 2. The van der Waals surface area contributed by atoms with Crippen LogP contribution in [-0.4, -0.2) is 40.7 Å². The molecule has 2 fully saturated rings. The van der Waals surface area contributed by atoms with Crippen molar-refractivity contribution in [2.75, 3.05) is 5.32 Å². The van der Waals surface area contributed by atoms with Crippen LogP contribution in [0.5, 0.6) is 0 Å². The van der Waals surface area contributed by atoms with Crippen LogP contribution in [0.2, 0.25) is 5.02 Å². The summed E-state index contributed by atoms with van der Waals surface area (Å²) in [7, 11) is 0. The zero-order valence-corrected chi connectivity index (χ0v) is 18.1. The molecule has 0 aromatic heterocycles. The van der Waals surface area contributed by atoms with Gasteiger partial charge < -0.3 is 15.5 Å². The first-order valence-electron chi connectivity index (χ1n) is 10.4. The molecule has 1 saturated carbocycles. The van der Waals surface area contributed by atoms with Gasteiger partial charge in [0.1, 0.15) is 6.04 Å². The summed E-state index contributed by atoms with van der Waals surface area (Å²) in [6, 6.07) is 4.46. The molecule has 1 heterocycles. The van der Waals surface area contributed by atoms with Gasteiger partial charge in [-0.05, 0) is 43.4 Å². The van der Waals surface area contributed by atoms with E-state index in [4.69, 9.17) is 11.6 Å². The van der Waals surface area contributed by atoms with E-state index in [1.165, 1.54) is 0 Å². The molecule has 3 rings (SSSR count). The summed E-state index contributed by atoms with van der Waals surface area (Å²) < 4.78 is 0. The fourth-order valence-electron chi connectivity index (χ4n) is 4.36. The molecule has 1 aliphatic carbocycles. The SMILES string of the molecule is Cc1ccc(Cl)cc1NC(=O)C[C@@H]1C(=O)N[C@H]2CCCC[C@H]2N1C(=O)CC(C)C. The molecule has 1 aliphatic heterocycles. The van der Waals surface area contributed by atoms with Crippen molar-refractivity contribution < 1.29 is 14.4 Å². The maximum Gasteiger partial charge on any atom is 0.243 e. The van der Waals surface area contributed by atoms with Gasteiger partial charge in [0.15, 0.2) is 0 Å². The van der Waals surface area contributed by atoms with Crippen molar-refractivity contribution in [2.24, 2.45) is 5.92 Å². The topological polar surface area (TPSA) is 78.5 Å². The predicted octanol–water partition coefficient (Wildman–Crippen LogP) is 3.66. The first kappa shape index (κ1) is 21.6. The summed E-state index contributed by atoms with van der Waals surface area (Å²) >= 11 is 6.04. The Hall–Kier alpha value is -2.08. The van der Waals surface area contributed by atoms with Crippen LogP contribution in [0.3, 0.4) is 0 Å². The van der Waals surface area contributed by atoms with Crippen LogP contribution in [0.4, 0.5) is 5.69 Å². The zero-order valence-electron chi connectivity index (χ0n) is 17.3. The van der Waals surface area contributed by atoms with Gasteiger partial charge in [-0.25, -0.2) is 0 Å². The van der Waals surface area contributed by atoms with Gasteiger partial charge in [0.05, 0.1) is 12.5 Å². The molecule has 2 aliphatic rings. The molecule has 0 bridgehead atoms. The zero-order chi connectivity index (χ0) is 21.1. The summed E-state index contributed by atoms with van der Waals surface area (Å²) in [5.74, 6) is -0.378. The third-order valence-electron chi connectivity index (χ3n) is 5.78. The summed E-state index contributed by atoms with van der Waals surface area (Å²) in [6.45, 7) is 5.86. The number of piperazine rings is 1. The van der Waals surface area contributed by atoms with Gasteiger partial charge in [-0.3, -0.25) is 14.4 Å². The largest absolute Gasteiger partial charge is 0.349 e. The number of nitrogens with zero attached hydrogens (tertiary/aromatic N) is 1. The number of amides is 3. The average molecular weight is 420 g/mol. The second-order valence-corrected chi connectivity index (χ2v) is 9.03. The molecule has 3 amide bonds. The van der Waals surface area contributed by atoms with Gasteiger partial charge in [-0.1, -0.05) is 44.4 Å². The number of halogens is 1. The Labute approximate surface area is 177 Å². The van der Waals surface area contributed by atoms with Gasteiger partial charge in [-0.2, -0.15) is 0 Å². The molecule has 2 N–H and O–H groups in total. The molecule has 29 heavy (non-hydrogen) atoms. The van der Waals surface area contributed by atoms with Crippen LogP contribution in [0.15, 0.2) is 18.2 Å². The Morgan fingerprint density at radius 2 is 2.00 bits per heavy atom. The lowest BCUT2D eigenvalue weighted by Crippen LogP contribution is -2.68. The number of carbonyl (C=O) groups excluding carboxylic acids is 3. The minimum Gasteiger partial charge on any atom is -0.349 e. The highest BCUT2D eigenvalue weighted by atomic mass is 35.5. The van der Waals surface area contributed by atoms with Gasteiger partial charge in [0.25, 0.3) is 0 Å². The van der Waals surface area contributed by atoms with Crippen molar-refractivity contribution in [3.05, 3.63) is 28.8 Å². The lowest BCUT2D eigenvalue weighted by molar-refractivity contribution is -0.152. The summed E-state index contributed by atoms with van der Waals surface area (Å²) in [5.41, 5.74) is 1.50. The Kier molecular flexibility index (Phi) is 6.83. The average Bonchev–Trinajstić information content (AvgIpc) is 2.64. The number of rotatable bonds is 5. The van der Waals surface area contributed by atoms with Crippen molar-refractivity contribution in [2.45, 2.75) is 77.4 Å². The van der Waals surface area contributed by atoms with Crippen LogP contribution >= 0.6 is 11.6 Å². The molecule has 0 radical (unpaired) electrons. The number of anilines is 1. The van der Waals surface area contributed by atoms with E-state index in [-0.39, 0.29) is 42.1 Å². The van der Waals surface area contributed by atoms with Crippen LogP contribution < -0.4 is 10.6 Å². The van der Waals surface area contributed by atoms with Crippen LogP contribution in [0.25, 0.3) is 0 Å². The van der Waals surface area contributed by atoms with Crippen LogP contribution in [0, 0.1) is 12.8 Å². The molecular formula is C22H30ClN3O3. The van der Waals surface area contributed by atoms with E-state index in [9.17, 15) is 14.4 Å². The highest BCUT2D eigenvalue weighted by Gasteiger charge is 2.45. The number of benzene rings is 1. The highest BCUT2D eigenvalue weighted by Crippen LogP contribution is 2.31. The molecular weight excluding hydrogens is 390 g/mol. The molecule has 1 aromatic rings. The molecule has 7 heteroatoms. The first-order chi connectivity index (χ1) is 13.8. The molecule has 1 saturated heterocycles. The standard InChI is InChI=1S/C22H30ClN3O3/c1-13(2)10-21(28)26-18-7-5-4-6-16(18)25-22(29)19(26)12-20(27)24-17-11-15(23)9-8-14(17)3/h8-9,11,13,16,18-19H,4-7,10,12H2,1-3H3,(H,24,27)(H,25,29)/t16-,18+,19+/m0/s1. The normalized spacial score (nSPS) is 24.1. The monoisotopic (exact) mass is 419 g/mol. The van der Waals surface area contributed by atoms with Gasteiger partial charge in [0, 0.05) is 23.2 Å². The highest BCUT2D eigenvalue weighted by molar-refractivity contribution is 6.31. The predicted molar refractivity (Wildman–Crippen MR) is 114 cm³/mol. The Bertz CT molecular complexity index is 796. The summed E-state index contributed by atoms with van der Waals surface area (Å²) in [4.78, 5) is 40.4. The van der Waals surface area contributed by atoms with Gasteiger partial charge >= 0.3 is 0 Å². The lowest BCUT2D eigenvalue weighted by Gasteiger charge is -2.48. The number of fused-ring (bicyclic) bond motifs is 1. The first-order valence-corrected chi connectivity index (χ1v) is 10.8. The second-order valence-electron chi connectivity index (χ2n) is 8.59. The number of carbonyl (C=O) groups is 3. The Balaban J connectivity index is 1.80. The van der Waals surface area contributed by atoms with Crippen molar-refractivity contribution in [1.29, 1.82) is 0 Å². The van der Waals surface area contributed by atoms with E-state index in [1.54, 1.807) is 17.0 Å². The van der Waals surface area contributed by atoms with E-state index in [0.29, 0.717) is 17.1 Å².